The molecule has 0 spiro atoms. The van der Waals surface area contributed by atoms with Gasteiger partial charge in [-0.05, 0) is 87.0 Å². The zero-order chi connectivity index (χ0) is 45.4. The van der Waals surface area contributed by atoms with Crippen molar-refractivity contribution in [1.29, 1.82) is 0 Å². The Kier molecular flexibility index (Phi) is 8.92. The molecule has 0 amide bonds. The molecule has 2 atom stereocenters. The van der Waals surface area contributed by atoms with Crippen LogP contribution in [0.3, 0.4) is 0 Å². The molecule has 69 heavy (non-hydrogen) atoms. The molecule has 12 aromatic rings. The number of hydrogen-bond donors (Lipinski definition) is 0. The normalized spacial score (nSPS) is 14.4. The molecule has 9 aromatic carbocycles. The topological polar surface area (TPSA) is 77.6 Å². The highest BCUT2D eigenvalue weighted by Gasteiger charge is 2.41. The lowest BCUT2D eigenvalue weighted by Crippen LogP contribution is -2.27. The van der Waals surface area contributed by atoms with Gasteiger partial charge in [-0.25, -0.2) is 24.9 Å². The lowest BCUT2D eigenvalue weighted by atomic mass is 9.60. The molecule has 3 aliphatic carbocycles. The van der Waals surface area contributed by atoms with Crippen LogP contribution < -0.4 is 0 Å². The number of hydrogen-bond acceptors (Lipinski definition) is 6. The highest BCUT2D eigenvalue weighted by Crippen LogP contribution is 2.56. The summed E-state index contributed by atoms with van der Waals surface area (Å²) in [6, 6.07) is 78.8. The smallest absolute Gasteiger partial charge is 0.164 e. The van der Waals surface area contributed by atoms with Gasteiger partial charge in [0.05, 0.1) is 11.4 Å². The molecule has 6 nitrogen and oxygen atoms in total. The van der Waals surface area contributed by atoms with Gasteiger partial charge in [-0.2, -0.15) is 0 Å². The first-order valence-electron chi connectivity index (χ1n) is 23.4. The summed E-state index contributed by atoms with van der Waals surface area (Å²) in [4.78, 5) is 25.7. The van der Waals surface area contributed by atoms with Crippen LogP contribution in [0, 0.1) is 0 Å². The average Bonchev–Trinajstić information content (AvgIpc) is 3.81. The van der Waals surface area contributed by atoms with E-state index < -0.39 is 0 Å². The van der Waals surface area contributed by atoms with E-state index >= 15 is 0 Å². The molecule has 0 N–H and O–H groups in total. The van der Waals surface area contributed by atoms with Crippen molar-refractivity contribution in [1.82, 2.24) is 24.9 Å². The summed E-state index contributed by atoms with van der Waals surface area (Å²) in [6.07, 6.45) is 0. The second kappa shape index (κ2) is 15.8. The van der Waals surface area contributed by atoms with Crippen LogP contribution in [0.15, 0.2) is 229 Å². The molecule has 3 aliphatic rings. The van der Waals surface area contributed by atoms with Crippen LogP contribution in [0.1, 0.15) is 45.2 Å². The fourth-order valence-corrected chi connectivity index (χ4v) is 10.7. The minimum atomic E-state index is 0.0385. The molecule has 6 heteroatoms. The number of aromatic nitrogens is 5. The van der Waals surface area contributed by atoms with Crippen molar-refractivity contribution in [2.24, 2.45) is 0 Å². The van der Waals surface area contributed by atoms with Gasteiger partial charge in [-0.1, -0.05) is 182 Å². The zero-order valence-corrected chi connectivity index (χ0v) is 37.2. The van der Waals surface area contributed by atoms with E-state index in [1.165, 1.54) is 33.4 Å². The molecule has 3 aromatic heterocycles. The Morgan fingerprint density at radius 3 is 1.29 bits per heavy atom. The van der Waals surface area contributed by atoms with Gasteiger partial charge in [-0.15, -0.1) is 0 Å². The van der Waals surface area contributed by atoms with Crippen molar-refractivity contribution in [2.45, 2.75) is 11.8 Å². The Balaban J connectivity index is 0.871. The van der Waals surface area contributed by atoms with Gasteiger partial charge in [0.25, 0.3) is 0 Å². The maximum absolute atomic E-state index is 6.29. The molecule has 15 rings (SSSR count). The van der Waals surface area contributed by atoms with E-state index in [1.807, 2.05) is 66.7 Å². The third kappa shape index (κ3) is 6.60. The van der Waals surface area contributed by atoms with Gasteiger partial charge in [0, 0.05) is 56.0 Å². The van der Waals surface area contributed by atoms with Crippen LogP contribution in [0.25, 0.3) is 101 Å². The van der Waals surface area contributed by atoms with Crippen molar-refractivity contribution in [3.63, 3.8) is 0 Å². The molecule has 322 valence electrons. The summed E-state index contributed by atoms with van der Waals surface area (Å²) < 4.78 is 6.29. The molecule has 0 aliphatic heterocycles. The number of nitrogens with zero attached hydrogens (tertiary/aromatic N) is 5. The van der Waals surface area contributed by atoms with Gasteiger partial charge in [0.1, 0.15) is 11.2 Å². The van der Waals surface area contributed by atoms with Gasteiger partial charge in [-0.3, -0.25) is 0 Å². The quantitative estimate of drug-likeness (QED) is 0.159. The van der Waals surface area contributed by atoms with E-state index in [9.17, 15) is 0 Å². The van der Waals surface area contributed by atoms with Crippen molar-refractivity contribution in [3.05, 3.63) is 258 Å². The second-order valence-corrected chi connectivity index (χ2v) is 17.9. The Morgan fingerprint density at radius 2 is 0.667 bits per heavy atom. The largest absolute Gasteiger partial charge is 0.456 e. The lowest BCUT2D eigenvalue weighted by molar-refractivity contribution is 0.669. The fourth-order valence-electron chi connectivity index (χ4n) is 10.7. The lowest BCUT2D eigenvalue weighted by Gasteiger charge is -2.42. The van der Waals surface area contributed by atoms with E-state index in [0.717, 1.165) is 77.8 Å². The van der Waals surface area contributed by atoms with E-state index in [4.69, 9.17) is 29.3 Å². The van der Waals surface area contributed by atoms with Crippen molar-refractivity contribution < 1.29 is 4.42 Å². The molecule has 0 radical (unpaired) electrons. The summed E-state index contributed by atoms with van der Waals surface area (Å²) in [5.41, 5.74) is 19.5. The van der Waals surface area contributed by atoms with Crippen LogP contribution in [0.5, 0.6) is 0 Å². The Hall–Kier alpha value is -9.13. The van der Waals surface area contributed by atoms with E-state index in [0.29, 0.717) is 23.3 Å². The first-order chi connectivity index (χ1) is 34.2. The van der Waals surface area contributed by atoms with Crippen molar-refractivity contribution >= 4 is 21.9 Å². The molecule has 3 heterocycles. The monoisotopic (exact) mass is 881 g/mol. The molecule has 0 saturated carbocycles. The van der Waals surface area contributed by atoms with E-state index in [1.54, 1.807) is 0 Å². The van der Waals surface area contributed by atoms with Crippen LogP contribution in [-0.2, 0) is 0 Å². The maximum Gasteiger partial charge on any atom is 0.164 e. The van der Waals surface area contributed by atoms with Crippen LogP contribution in [0.2, 0.25) is 0 Å². The van der Waals surface area contributed by atoms with Gasteiger partial charge in [0.15, 0.2) is 23.3 Å². The molecule has 0 fully saturated rings. The predicted molar refractivity (Wildman–Crippen MR) is 276 cm³/mol. The number of furan rings is 1. The minimum absolute atomic E-state index is 0.0385. The summed E-state index contributed by atoms with van der Waals surface area (Å²) in [5.74, 6) is 2.72. The number of para-hydroxylation sites is 1. The summed E-state index contributed by atoms with van der Waals surface area (Å²) >= 11 is 0. The van der Waals surface area contributed by atoms with Gasteiger partial charge < -0.3 is 4.42 Å². The van der Waals surface area contributed by atoms with Crippen LogP contribution in [-0.4, -0.2) is 24.9 Å². The highest BCUT2D eigenvalue weighted by atomic mass is 16.3. The average molecular weight is 882 g/mol. The first kappa shape index (κ1) is 39.1. The number of rotatable bonds is 7. The predicted octanol–water partition coefficient (Wildman–Crippen LogP) is 15.2. The summed E-state index contributed by atoms with van der Waals surface area (Å²) in [7, 11) is 0. The van der Waals surface area contributed by atoms with Gasteiger partial charge in [0.2, 0.25) is 0 Å². The first-order valence-corrected chi connectivity index (χ1v) is 23.4. The molecule has 2 unspecified atom stereocenters. The Morgan fingerprint density at radius 1 is 0.246 bits per heavy atom. The molecular formula is C63H39N5O. The molecular weight excluding hydrogens is 843 g/mol. The third-order valence-corrected chi connectivity index (χ3v) is 13.9. The second-order valence-electron chi connectivity index (χ2n) is 17.9. The van der Waals surface area contributed by atoms with Crippen LogP contribution >= 0.6 is 0 Å². The van der Waals surface area contributed by atoms with E-state index in [2.05, 4.69) is 158 Å². The maximum atomic E-state index is 6.29. The molecule has 2 bridgehead atoms. The summed E-state index contributed by atoms with van der Waals surface area (Å²) in [6.45, 7) is 0. The van der Waals surface area contributed by atoms with Crippen LogP contribution in [0.4, 0.5) is 0 Å². The standard InChI is InChI=1S/C63H39N5O/c1-4-15-38(16-5-1)60-64-54(43-22-14-21-41(33-43)42-27-30-47-46-23-12-13-26-56(46)69-57(47)36-42)37-55(65-60)44-28-31-50-52(34-44)58-48-24-10-11-25-49(48)59(50)53-35-45(29-32-51(53)58)63-67-61(39-17-6-2-7-18-39)66-62(68-63)40-19-8-3-9-20-40/h1-37,58-59H. The third-order valence-electron chi connectivity index (χ3n) is 13.9. The zero-order valence-electron chi connectivity index (χ0n) is 37.2. The highest BCUT2D eigenvalue weighted by molar-refractivity contribution is 6.06. The Labute approximate surface area is 398 Å². The van der Waals surface area contributed by atoms with Gasteiger partial charge >= 0.3 is 0 Å². The van der Waals surface area contributed by atoms with Crippen molar-refractivity contribution in [2.75, 3.05) is 0 Å². The number of fused-ring (bicyclic) bond motifs is 3. The summed E-state index contributed by atoms with van der Waals surface area (Å²) in [5, 5.41) is 2.24. The fraction of sp³-hybridized carbons (Fsp3) is 0.0317. The molecule has 0 saturated heterocycles. The minimum Gasteiger partial charge on any atom is -0.456 e. The van der Waals surface area contributed by atoms with Crippen molar-refractivity contribution in [3.8, 4) is 79.2 Å². The van der Waals surface area contributed by atoms with E-state index in [-0.39, 0.29) is 11.8 Å². The number of benzene rings is 9. The Bertz CT molecular complexity index is 3920. The SMILES string of the molecule is c1ccc(-c2nc(-c3cccc(-c4ccc5c(c4)oc4ccccc45)c3)cc(-c3ccc4c(c3)C3c5ccccc5C4c4cc(-c5nc(-c6ccccc6)nc(-c6ccccc6)n5)ccc43)n2)cc1.